The molecule has 2 nitrogen and oxygen atoms in total. The second-order valence-corrected chi connectivity index (χ2v) is 5.05. The Morgan fingerprint density at radius 1 is 1.00 bits per heavy atom. The zero-order valence-electron chi connectivity index (χ0n) is 11.0. The zero-order valence-corrected chi connectivity index (χ0v) is 11.0. The molecule has 1 N–H and O–H groups in total. The maximum atomic E-state index is 10.1. The van der Waals surface area contributed by atoms with Gasteiger partial charge in [-0.25, -0.2) is 0 Å². The largest absolute Gasteiger partial charge is 0.386 e. The quantitative estimate of drug-likeness (QED) is 0.871. The van der Waals surface area contributed by atoms with Crippen LogP contribution in [0.25, 0.3) is 10.8 Å². The van der Waals surface area contributed by atoms with Gasteiger partial charge in [-0.15, -0.1) is 0 Å². The monoisotopic (exact) mass is 244 g/mol. The smallest absolute Gasteiger partial charge is 0.102 e. The Labute approximate surface area is 108 Å². The van der Waals surface area contributed by atoms with Gasteiger partial charge in [0, 0.05) is 6.61 Å². The molecule has 18 heavy (non-hydrogen) atoms. The van der Waals surface area contributed by atoms with E-state index in [4.69, 9.17) is 4.74 Å². The minimum atomic E-state index is -0.548. The number of aliphatic hydroxyl groups is 1. The second-order valence-electron chi connectivity index (χ2n) is 5.05. The van der Waals surface area contributed by atoms with E-state index in [-0.39, 0.29) is 0 Å². The van der Waals surface area contributed by atoms with Crippen molar-refractivity contribution < 1.29 is 9.84 Å². The first-order valence-electron chi connectivity index (χ1n) is 6.41. The standard InChI is InChI=1S/C16H20O2/c1-12(2)10-18-11-16(17)15-8-7-13-5-3-4-6-14(13)9-15/h3-9,12,16-17H,10-11H2,1-2H3. The predicted molar refractivity (Wildman–Crippen MR) is 74.6 cm³/mol. The lowest BCUT2D eigenvalue weighted by Crippen LogP contribution is -2.10. The number of hydrogen-bond donors (Lipinski definition) is 1. The summed E-state index contributed by atoms with van der Waals surface area (Å²) >= 11 is 0. The summed E-state index contributed by atoms with van der Waals surface area (Å²) in [5.41, 5.74) is 0.914. The van der Waals surface area contributed by atoms with Crippen LogP contribution in [0.3, 0.4) is 0 Å². The molecular formula is C16H20O2. The highest BCUT2D eigenvalue weighted by molar-refractivity contribution is 5.83. The minimum Gasteiger partial charge on any atom is -0.386 e. The normalized spacial score (nSPS) is 13.1. The Bertz CT molecular complexity index is 505. The molecule has 0 radical (unpaired) electrons. The van der Waals surface area contributed by atoms with E-state index in [1.165, 1.54) is 5.39 Å². The molecule has 0 aliphatic carbocycles. The van der Waals surface area contributed by atoms with Gasteiger partial charge in [-0.1, -0.05) is 50.2 Å². The molecule has 0 amide bonds. The van der Waals surface area contributed by atoms with Crippen molar-refractivity contribution in [3.05, 3.63) is 48.0 Å². The topological polar surface area (TPSA) is 29.5 Å². The van der Waals surface area contributed by atoms with Crippen molar-refractivity contribution in [2.24, 2.45) is 5.92 Å². The molecule has 0 aliphatic heterocycles. The number of rotatable bonds is 5. The van der Waals surface area contributed by atoms with Crippen molar-refractivity contribution in [1.82, 2.24) is 0 Å². The average molecular weight is 244 g/mol. The Morgan fingerprint density at radius 2 is 1.72 bits per heavy atom. The molecule has 1 unspecified atom stereocenters. The maximum absolute atomic E-state index is 10.1. The summed E-state index contributed by atoms with van der Waals surface area (Å²) in [6.45, 7) is 5.24. The molecule has 2 aromatic carbocycles. The highest BCUT2D eigenvalue weighted by Gasteiger charge is 2.08. The Balaban J connectivity index is 2.06. The van der Waals surface area contributed by atoms with E-state index in [0.29, 0.717) is 19.1 Å². The van der Waals surface area contributed by atoms with E-state index in [9.17, 15) is 5.11 Å². The first kappa shape index (κ1) is 13.1. The fraction of sp³-hybridized carbons (Fsp3) is 0.375. The fourth-order valence-electron chi connectivity index (χ4n) is 1.93. The van der Waals surface area contributed by atoms with Crippen LogP contribution in [0.5, 0.6) is 0 Å². The summed E-state index contributed by atoms with van der Waals surface area (Å²) in [5, 5.41) is 12.4. The highest BCUT2D eigenvalue weighted by Crippen LogP contribution is 2.20. The molecule has 0 fully saturated rings. The first-order valence-corrected chi connectivity index (χ1v) is 6.41. The number of aliphatic hydroxyl groups excluding tert-OH is 1. The number of benzene rings is 2. The van der Waals surface area contributed by atoms with Gasteiger partial charge >= 0.3 is 0 Å². The summed E-state index contributed by atoms with van der Waals surface area (Å²) in [5.74, 6) is 0.494. The van der Waals surface area contributed by atoms with Crippen LogP contribution in [0.2, 0.25) is 0 Å². The van der Waals surface area contributed by atoms with Gasteiger partial charge in [0.25, 0.3) is 0 Å². The van der Waals surface area contributed by atoms with E-state index in [1.54, 1.807) is 0 Å². The molecule has 0 heterocycles. The molecule has 2 rings (SSSR count). The van der Waals surface area contributed by atoms with Crippen LogP contribution in [0.15, 0.2) is 42.5 Å². The third kappa shape index (κ3) is 3.31. The summed E-state index contributed by atoms with van der Waals surface area (Å²) in [6.07, 6.45) is -0.548. The minimum absolute atomic E-state index is 0.358. The van der Waals surface area contributed by atoms with Crippen LogP contribution in [0, 0.1) is 5.92 Å². The fourth-order valence-corrected chi connectivity index (χ4v) is 1.93. The zero-order chi connectivity index (χ0) is 13.0. The summed E-state index contributed by atoms with van der Waals surface area (Å²) in [6, 6.07) is 14.2. The molecule has 2 aromatic rings. The Morgan fingerprint density at radius 3 is 2.44 bits per heavy atom. The third-order valence-electron chi connectivity index (χ3n) is 2.89. The van der Waals surface area contributed by atoms with Crippen molar-refractivity contribution in [1.29, 1.82) is 0 Å². The molecule has 0 saturated carbocycles. The van der Waals surface area contributed by atoms with E-state index in [1.807, 2.05) is 30.3 Å². The molecule has 2 heteroatoms. The van der Waals surface area contributed by atoms with Crippen LogP contribution in [0.4, 0.5) is 0 Å². The number of fused-ring (bicyclic) bond motifs is 1. The van der Waals surface area contributed by atoms with Crippen LogP contribution in [-0.2, 0) is 4.74 Å². The highest BCUT2D eigenvalue weighted by atomic mass is 16.5. The van der Waals surface area contributed by atoms with Gasteiger partial charge in [-0.2, -0.15) is 0 Å². The van der Waals surface area contributed by atoms with Crippen LogP contribution >= 0.6 is 0 Å². The summed E-state index contributed by atoms with van der Waals surface area (Å²) < 4.78 is 5.47. The van der Waals surface area contributed by atoms with E-state index >= 15 is 0 Å². The Kier molecular flexibility index (Phi) is 4.34. The maximum Gasteiger partial charge on any atom is 0.102 e. The first-order chi connectivity index (χ1) is 8.66. The van der Waals surface area contributed by atoms with Crippen LogP contribution in [0.1, 0.15) is 25.5 Å². The van der Waals surface area contributed by atoms with Gasteiger partial charge in [0.2, 0.25) is 0 Å². The lowest BCUT2D eigenvalue weighted by Gasteiger charge is -2.13. The van der Waals surface area contributed by atoms with Gasteiger partial charge < -0.3 is 9.84 Å². The average Bonchev–Trinajstić information content (AvgIpc) is 2.37. The van der Waals surface area contributed by atoms with Gasteiger partial charge in [0.15, 0.2) is 0 Å². The summed E-state index contributed by atoms with van der Waals surface area (Å²) in [4.78, 5) is 0. The second kappa shape index (κ2) is 5.98. The van der Waals surface area contributed by atoms with Crippen molar-refractivity contribution in [3.8, 4) is 0 Å². The van der Waals surface area contributed by atoms with Crippen molar-refractivity contribution in [2.75, 3.05) is 13.2 Å². The molecule has 0 saturated heterocycles. The van der Waals surface area contributed by atoms with Gasteiger partial charge in [-0.3, -0.25) is 0 Å². The van der Waals surface area contributed by atoms with Gasteiger partial charge in [0.05, 0.1) is 6.61 Å². The molecule has 0 aromatic heterocycles. The number of hydrogen-bond acceptors (Lipinski definition) is 2. The predicted octanol–water partition coefficient (Wildman–Crippen LogP) is 3.55. The molecule has 0 aliphatic rings. The Hall–Kier alpha value is -1.38. The van der Waals surface area contributed by atoms with Crippen molar-refractivity contribution in [2.45, 2.75) is 20.0 Å². The van der Waals surface area contributed by atoms with Crippen molar-refractivity contribution >= 4 is 10.8 Å². The molecule has 0 spiro atoms. The van der Waals surface area contributed by atoms with Gasteiger partial charge in [0.1, 0.15) is 6.10 Å². The van der Waals surface area contributed by atoms with Crippen LogP contribution < -0.4 is 0 Å². The van der Waals surface area contributed by atoms with E-state index in [2.05, 4.69) is 26.0 Å². The van der Waals surface area contributed by atoms with Gasteiger partial charge in [-0.05, 0) is 28.3 Å². The third-order valence-corrected chi connectivity index (χ3v) is 2.89. The van der Waals surface area contributed by atoms with E-state index in [0.717, 1.165) is 10.9 Å². The molecular weight excluding hydrogens is 224 g/mol. The molecule has 0 bridgehead atoms. The molecule has 1 atom stereocenters. The van der Waals surface area contributed by atoms with Crippen molar-refractivity contribution in [3.63, 3.8) is 0 Å². The molecule has 96 valence electrons. The number of ether oxygens (including phenoxy) is 1. The SMILES string of the molecule is CC(C)COCC(O)c1ccc2ccccc2c1. The lowest BCUT2D eigenvalue weighted by molar-refractivity contribution is 0.0250. The lowest BCUT2D eigenvalue weighted by atomic mass is 10.0. The van der Waals surface area contributed by atoms with Crippen LogP contribution in [-0.4, -0.2) is 18.3 Å². The van der Waals surface area contributed by atoms with E-state index < -0.39 is 6.10 Å². The summed E-state index contributed by atoms with van der Waals surface area (Å²) in [7, 11) is 0.